The molecule has 0 saturated carbocycles. The summed E-state index contributed by atoms with van der Waals surface area (Å²) in [6.45, 7) is 2.11. The number of aryl methyl sites for hydroxylation is 1. The van der Waals surface area contributed by atoms with Gasteiger partial charge in [-0.3, -0.25) is 0 Å². The van der Waals surface area contributed by atoms with E-state index >= 15 is 0 Å². The van der Waals surface area contributed by atoms with Crippen LogP contribution < -0.4 is 11.5 Å². The SMILES string of the molecule is Cc1ccc(-c2ccc(N)nc2N)c2ccccc12.Cl. The smallest absolute Gasteiger partial charge is 0.133 e. The molecule has 0 spiro atoms. The van der Waals surface area contributed by atoms with E-state index in [0.29, 0.717) is 11.6 Å². The first-order valence-electron chi connectivity index (χ1n) is 6.17. The van der Waals surface area contributed by atoms with Gasteiger partial charge in [0.05, 0.1) is 0 Å². The lowest BCUT2D eigenvalue weighted by molar-refractivity contribution is 1.34. The van der Waals surface area contributed by atoms with Crippen molar-refractivity contribution in [2.45, 2.75) is 6.92 Å². The lowest BCUT2D eigenvalue weighted by Gasteiger charge is -2.11. The molecule has 4 N–H and O–H groups in total. The molecule has 0 unspecified atom stereocenters. The second kappa shape index (κ2) is 5.39. The summed E-state index contributed by atoms with van der Waals surface area (Å²) in [7, 11) is 0. The van der Waals surface area contributed by atoms with Gasteiger partial charge in [-0.25, -0.2) is 4.98 Å². The Bertz CT molecular complexity index is 769. The third-order valence-corrected chi connectivity index (χ3v) is 3.38. The number of benzene rings is 2. The molecule has 3 nitrogen and oxygen atoms in total. The van der Waals surface area contributed by atoms with Gasteiger partial charge in [-0.1, -0.05) is 36.4 Å². The molecule has 0 aliphatic heterocycles. The van der Waals surface area contributed by atoms with Crippen LogP contribution in [0.1, 0.15) is 5.56 Å². The zero-order valence-corrected chi connectivity index (χ0v) is 11.9. The molecule has 1 aromatic heterocycles. The highest BCUT2D eigenvalue weighted by atomic mass is 35.5. The summed E-state index contributed by atoms with van der Waals surface area (Å²) in [6, 6.07) is 16.2. The summed E-state index contributed by atoms with van der Waals surface area (Å²) >= 11 is 0. The van der Waals surface area contributed by atoms with Gasteiger partial charge < -0.3 is 11.5 Å². The number of nitrogens with two attached hydrogens (primary N) is 2. The Kier molecular flexibility index (Phi) is 3.81. The zero-order valence-electron chi connectivity index (χ0n) is 11.1. The molecule has 102 valence electrons. The molecule has 0 amide bonds. The highest BCUT2D eigenvalue weighted by Gasteiger charge is 2.09. The van der Waals surface area contributed by atoms with Crippen LogP contribution in [0.4, 0.5) is 11.6 Å². The Labute approximate surface area is 124 Å². The van der Waals surface area contributed by atoms with Gasteiger partial charge in [0.1, 0.15) is 11.6 Å². The molecule has 0 saturated heterocycles. The van der Waals surface area contributed by atoms with Crippen molar-refractivity contribution in [3.63, 3.8) is 0 Å². The summed E-state index contributed by atoms with van der Waals surface area (Å²) in [4.78, 5) is 4.13. The monoisotopic (exact) mass is 285 g/mol. The van der Waals surface area contributed by atoms with Crippen molar-refractivity contribution in [1.82, 2.24) is 4.98 Å². The number of rotatable bonds is 1. The van der Waals surface area contributed by atoms with Crippen LogP contribution in [0.25, 0.3) is 21.9 Å². The van der Waals surface area contributed by atoms with Gasteiger partial charge in [0, 0.05) is 5.56 Å². The maximum atomic E-state index is 5.99. The lowest BCUT2D eigenvalue weighted by atomic mass is 9.96. The topological polar surface area (TPSA) is 64.9 Å². The van der Waals surface area contributed by atoms with Crippen LogP contribution in [0, 0.1) is 6.92 Å². The standard InChI is InChI=1S/C16H15N3.ClH/c1-10-6-7-13(12-5-3-2-4-11(10)12)14-8-9-15(17)19-16(14)18;/h2-9H,1H3,(H4,17,18,19);1H. The van der Waals surface area contributed by atoms with Crippen LogP contribution in [-0.2, 0) is 0 Å². The molecule has 4 heteroatoms. The Morgan fingerprint density at radius 2 is 1.45 bits per heavy atom. The highest BCUT2D eigenvalue weighted by molar-refractivity contribution is 6.00. The summed E-state index contributed by atoms with van der Waals surface area (Å²) in [5.41, 5.74) is 14.9. The molecule has 3 aromatic rings. The molecule has 3 rings (SSSR count). The van der Waals surface area contributed by atoms with Gasteiger partial charge >= 0.3 is 0 Å². The average Bonchev–Trinajstić information content (AvgIpc) is 2.41. The van der Waals surface area contributed by atoms with Crippen molar-refractivity contribution in [3.8, 4) is 11.1 Å². The second-order valence-corrected chi connectivity index (χ2v) is 4.64. The van der Waals surface area contributed by atoms with E-state index in [1.807, 2.05) is 18.2 Å². The van der Waals surface area contributed by atoms with Crippen molar-refractivity contribution in [2.75, 3.05) is 11.5 Å². The van der Waals surface area contributed by atoms with Crippen LogP contribution in [0.15, 0.2) is 48.5 Å². The minimum atomic E-state index is 0. The van der Waals surface area contributed by atoms with Crippen molar-refractivity contribution in [1.29, 1.82) is 0 Å². The fourth-order valence-electron chi connectivity index (χ4n) is 2.40. The van der Waals surface area contributed by atoms with Crippen molar-refractivity contribution in [3.05, 3.63) is 54.1 Å². The first kappa shape index (κ1) is 14.2. The molecule has 2 aromatic carbocycles. The Morgan fingerprint density at radius 1 is 0.800 bits per heavy atom. The fourth-order valence-corrected chi connectivity index (χ4v) is 2.40. The van der Waals surface area contributed by atoms with E-state index in [0.717, 1.165) is 11.1 Å². The summed E-state index contributed by atoms with van der Waals surface area (Å²) in [6.07, 6.45) is 0. The number of anilines is 2. The molecule has 0 atom stereocenters. The third-order valence-electron chi connectivity index (χ3n) is 3.38. The lowest BCUT2D eigenvalue weighted by Crippen LogP contribution is -1.98. The Hall–Kier alpha value is -2.26. The summed E-state index contributed by atoms with van der Waals surface area (Å²) in [5, 5.41) is 2.41. The number of aromatic nitrogens is 1. The summed E-state index contributed by atoms with van der Waals surface area (Å²) in [5.74, 6) is 0.909. The van der Waals surface area contributed by atoms with E-state index in [4.69, 9.17) is 11.5 Å². The van der Waals surface area contributed by atoms with Crippen LogP contribution >= 0.6 is 12.4 Å². The van der Waals surface area contributed by atoms with Crippen LogP contribution in [0.2, 0.25) is 0 Å². The van der Waals surface area contributed by atoms with E-state index in [9.17, 15) is 0 Å². The maximum absolute atomic E-state index is 5.99. The minimum absolute atomic E-state index is 0. The predicted octanol–water partition coefficient (Wildman–Crippen LogP) is 3.80. The van der Waals surface area contributed by atoms with E-state index in [1.165, 1.54) is 16.3 Å². The zero-order chi connectivity index (χ0) is 13.4. The number of pyridine rings is 1. The molecule has 0 aliphatic rings. The number of hydrogen-bond acceptors (Lipinski definition) is 3. The molecular formula is C16H16ClN3. The van der Waals surface area contributed by atoms with Gasteiger partial charge in [0.2, 0.25) is 0 Å². The van der Waals surface area contributed by atoms with Crippen molar-refractivity contribution < 1.29 is 0 Å². The summed E-state index contributed by atoms with van der Waals surface area (Å²) < 4.78 is 0. The molecule has 0 aliphatic carbocycles. The van der Waals surface area contributed by atoms with Gasteiger partial charge in [0.25, 0.3) is 0 Å². The molecule has 0 radical (unpaired) electrons. The quantitative estimate of drug-likeness (QED) is 0.715. The molecular weight excluding hydrogens is 270 g/mol. The molecule has 0 fully saturated rings. The van der Waals surface area contributed by atoms with Gasteiger partial charge in [-0.15, -0.1) is 12.4 Å². The van der Waals surface area contributed by atoms with E-state index in [2.05, 4.69) is 36.2 Å². The van der Waals surface area contributed by atoms with Crippen LogP contribution in [0.5, 0.6) is 0 Å². The number of halogens is 1. The highest BCUT2D eigenvalue weighted by Crippen LogP contribution is 2.33. The largest absolute Gasteiger partial charge is 0.384 e. The van der Waals surface area contributed by atoms with Crippen molar-refractivity contribution in [2.24, 2.45) is 0 Å². The molecule has 20 heavy (non-hydrogen) atoms. The molecule has 0 bridgehead atoms. The van der Waals surface area contributed by atoms with E-state index in [1.54, 1.807) is 6.07 Å². The Balaban J connectivity index is 0.00000147. The number of fused-ring (bicyclic) bond motifs is 1. The fraction of sp³-hybridized carbons (Fsp3) is 0.0625. The van der Waals surface area contributed by atoms with Gasteiger partial charge in [0.15, 0.2) is 0 Å². The minimum Gasteiger partial charge on any atom is -0.384 e. The van der Waals surface area contributed by atoms with Crippen LogP contribution in [-0.4, -0.2) is 4.98 Å². The van der Waals surface area contributed by atoms with E-state index < -0.39 is 0 Å². The van der Waals surface area contributed by atoms with Gasteiger partial charge in [-0.05, 0) is 41.0 Å². The second-order valence-electron chi connectivity index (χ2n) is 4.64. The molecule has 1 heterocycles. The third kappa shape index (κ3) is 2.28. The first-order chi connectivity index (χ1) is 9.16. The number of nitrogen functional groups attached to an aromatic ring is 2. The van der Waals surface area contributed by atoms with Gasteiger partial charge in [-0.2, -0.15) is 0 Å². The first-order valence-corrected chi connectivity index (χ1v) is 6.17. The van der Waals surface area contributed by atoms with Crippen molar-refractivity contribution >= 4 is 34.8 Å². The normalized spacial score (nSPS) is 10.2. The predicted molar refractivity (Wildman–Crippen MR) is 88.0 cm³/mol. The maximum Gasteiger partial charge on any atom is 0.133 e. The Morgan fingerprint density at radius 3 is 2.15 bits per heavy atom. The van der Waals surface area contributed by atoms with Crippen LogP contribution in [0.3, 0.4) is 0 Å². The average molecular weight is 286 g/mol. The number of nitrogens with zero attached hydrogens (tertiary/aromatic N) is 1. The number of hydrogen-bond donors (Lipinski definition) is 2. The van der Waals surface area contributed by atoms with E-state index in [-0.39, 0.29) is 12.4 Å².